The van der Waals surface area contributed by atoms with Crippen LogP contribution in [0.3, 0.4) is 0 Å². The minimum absolute atomic E-state index is 0.183. The van der Waals surface area contributed by atoms with Crippen molar-refractivity contribution in [2.75, 3.05) is 26.7 Å². The Hall–Kier alpha value is -3.00. The molecule has 1 saturated heterocycles. The van der Waals surface area contributed by atoms with Crippen LogP contribution in [0.15, 0.2) is 53.7 Å². The number of aliphatic imine (C=N–C) groups is 1. The first-order valence-corrected chi connectivity index (χ1v) is 10.4. The van der Waals surface area contributed by atoms with Gasteiger partial charge in [-0.05, 0) is 42.7 Å². The van der Waals surface area contributed by atoms with Gasteiger partial charge < -0.3 is 10.6 Å². The van der Waals surface area contributed by atoms with Crippen molar-refractivity contribution in [1.29, 1.82) is 0 Å². The molecule has 3 heterocycles. The van der Waals surface area contributed by atoms with Crippen LogP contribution in [0.4, 0.5) is 4.39 Å². The van der Waals surface area contributed by atoms with Gasteiger partial charge in [-0.15, -0.1) is 10.2 Å². The summed E-state index contributed by atoms with van der Waals surface area (Å²) >= 11 is 0. The predicted molar refractivity (Wildman–Crippen MR) is 116 cm³/mol. The average Bonchev–Trinajstić information content (AvgIpc) is 3.19. The van der Waals surface area contributed by atoms with Crippen LogP contribution in [0.5, 0.6) is 0 Å². The minimum atomic E-state index is -0.183. The molecule has 3 aromatic rings. The number of guanidine groups is 1. The molecule has 30 heavy (non-hydrogen) atoms. The van der Waals surface area contributed by atoms with Gasteiger partial charge in [0.15, 0.2) is 11.6 Å². The van der Waals surface area contributed by atoms with E-state index in [1.165, 1.54) is 12.1 Å². The monoisotopic (exact) mass is 409 g/mol. The Morgan fingerprint density at radius 1 is 1.13 bits per heavy atom. The largest absolute Gasteiger partial charge is 0.356 e. The predicted octanol–water partition coefficient (Wildman–Crippen LogP) is 2.24. The highest BCUT2D eigenvalue weighted by atomic mass is 19.1. The number of hydrogen-bond acceptors (Lipinski definition) is 4. The number of nitrogens with one attached hydrogen (secondary N) is 2. The molecule has 1 aromatic carbocycles. The van der Waals surface area contributed by atoms with Gasteiger partial charge >= 0.3 is 0 Å². The molecule has 4 rings (SSSR count). The van der Waals surface area contributed by atoms with E-state index < -0.39 is 0 Å². The summed E-state index contributed by atoms with van der Waals surface area (Å²) in [4.78, 5) is 6.78. The third-order valence-electron chi connectivity index (χ3n) is 5.50. The molecule has 8 heteroatoms. The summed E-state index contributed by atoms with van der Waals surface area (Å²) in [5.41, 5.74) is 2.02. The lowest BCUT2D eigenvalue weighted by Gasteiger charge is -2.33. The molecular weight excluding hydrogens is 381 g/mol. The van der Waals surface area contributed by atoms with E-state index in [2.05, 4.69) is 30.7 Å². The van der Waals surface area contributed by atoms with Crippen molar-refractivity contribution in [1.82, 2.24) is 30.1 Å². The zero-order chi connectivity index (χ0) is 20.8. The van der Waals surface area contributed by atoms with Crippen LogP contribution in [-0.2, 0) is 13.0 Å². The SMILES string of the molecule is CN=C(NCCc1nnc2ccccn12)NC1CCN(Cc2ccc(F)cc2)CC1. The van der Waals surface area contributed by atoms with Gasteiger partial charge in [-0.1, -0.05) is 18.2 Å². The molecule has 0 atom stereocenters. The summed E-state index contributed by atoms with van der Waals surface area (Å²) in [6.45, 7) is 3.63. The van der Waals surface area contributed by atoms with Crippen molar-refractivity contribution < 1.29 is 4.39 Å². The maximum Gasteiger partial charge on any atom is 0.191 e. The van der Waals surface area contributed by atoms with Crippen molar-refractivity contribution in [2.24, 2.45) is 4.99 Å². The highest BCUT2D eigenvalue weighted by molar-refractivity contribution is 5.79. The van der Waals surface area contributed by atoms with Crippen LogP contribution < -0.4 is 10.6 Å². The third kappa shape index (κ3) is 5.13. The molecule has 1 fully saturated rings. The van der Waals surface area contributed by atoms with Crippen molar-refractivity contribution in [3.63, 3.8) is 0 Å². The second-order valence-electron chi connectivity index (χ2n) is 7.62. The van der Waals surface area contributed by atoms with E-state index in [9.17, 15) is 4.39 Å². The Morgan fingerprint density at radius 2 is 1.93 bits per heavy atom. The topological polar surface area (TPSA) is 69.8 Å². The van der Waals surface area contributed by atoms with E-state index in [-0.39, 0.29) is 5.82 Å². The van der Waals surface area contributed by atoms with Gasteiger partial charge in [0.05, 0.1) is 0 Å². The number of likely N-dealkylation sites (tertiary alicyclic amines) is 1. The fraction of sp³-hybridized carbons (Fsp3) is 0.409. The summed E-state index contributed by atoms with van der Waals surface area (Å²) in [5, 5.41) is 15.4. The highest BCUT2D eigenvalue weighted by Crippen LogP contribution is 2.14. The van der Waals surface area contributed by atoms with Gasteiger partial charge in [-0.25, -0.2) is 4.39 Å². The van der Waals surface area contributed by atoms with E-state index in [0.717, 1.165) is 68.4 Å². The summed E-state index contributed by atoms with van der Waals surface area (Å²) in [6, 6.07) is 13.1. The molecule has 158 valence electrons. The Bertz CT molecular complexity index is 975. The molecule has 0 aliphatic carbocycles. The van der Waals surface area contributed by atoms with Gasteiger partial charge in [0.1, 0.15) is 11.6 Å². The molecule has 0 spiro atoms. The number of rotatable bonds is 6. The Labute approximate surface area is 176 Å². The number of benzene rings is 1. The zero-order valence-corrected chi connectivity index (χ0v) is 17.3. The Kier molecular flexibility index (Phi) is 6.53. The number of halogens is 1. The van der Waals surface area contributed by atoms with Crippen molar-refractivity contribution in [2.45, 2.75) is 31.8 Å². The van der Waals surface area contributed by atoms with Crippen molar-refractivity contribution in [3.8, 4) is 0 Å². The first-order valence-electron chi connectivity index (χ1n) is 10.4. The van der Waals surface area contributed by atoms with Crippen LogP contribution >= 0.6 is 0 Å². The second kappa shape index (κ2) is 9.67. The molecule has 1 aliphatic rings. The molecule has 2 N–H and O–H groups in total. The number of hydrogen-bond donors (Lipinski definition) is 2. The minimum Gasteiger partial charge on any atom is -0.356 e. The second-order valence-corrected chi connectivity index (χ2v) is 7.62. The normalized spacial score (nSPS) is 16.1. The summed E-state index contributed by atoms with van der Waals surface area (Å²) in [7, 11) is 1.80. The average molecular weight is 410 g/mol. The first-order chi connectivity index (χ1) is 14.7. The molecule has 7 nitrogen and oxygen atoms in total. The lowest BCUT2D eigenvalue weighted by atomic mass is 10.0. The van der Waals surface area contributed by atoms with E-state index in [4.69, 9.17) is 0 Å². The summed E-state index contributed by atoms with van der Waals surface area (Å²) in [5.74, 6) is 1.57. The van der Waals surface area contributed by atoms with Crippen LogP contribution in [-0.4, -0.2) is 58.2 Å². The molecule has 0 amide bonds. The zero-order valence-electron chi connectivity index (χ0n) is 17.3. The smallest absolute Gasteiger partial charge is 0.191 e. The van der Waals surface area contributed by atoms with Gasteiger partial charge in [0.2, 0.25) is 0 Å². The van der Waals surface area contributed by atoms with Gasteiger partial charge in [0.25, 0.3) is 0 Å². The molecule has 2 aromatic heterocycles. The maximum absolute atomic E-state index is 13.1. The van der Waals surface area contributed by atoms with Crippen LogP contribution in [0, 0.1) is 5.82 Å². The van der Waals surface area contributed by atoms with E-state index in [1.807, 2.05) is 40.9 Å². The number of pyridine rings is 1. The number of piperidine rings is 1. The van der Waals surface area contributed by atoms with E-state index >= 15 is 0 Å². The quantitative estimate of drug-likeness (QED) is 0.483. The van der Waals surface area contributed by atoms with Crippen molar-refractivity contribution in [3.05, 3.63) is 65.9 Å². The lowest BCUT2D eigenvalue weighted by Crippen LogP contribution is -2.48. The third-order valence-corrected chi connectivity index (χ3v) is 5.50. The Balaban J connectivity index is 1.20. The fourth-order valence-corrected chi connectivity index (χ4v) is 3.83. The van der Waals surface area contributed by atoms with Gasteiger partial charge in [-0.2, -0.15) is 0 Å². The molecule has 0 radical (unpaired) electrons. The van der Waals surface area contributed by atoms with Crippen molar-refractivity contribution >= 4 is 11.6 Å². The van der Waals surface area contributed by atoms with Crippen LogP contribution in [0.1, 0.15) is 24.2 Å². The molecule has 0 bridgehead atoms. The van der Waals surface area contributed by atoms with Gasteiger partial charge in [0, 0.05) is 51.9 Å². The van der Waals surface area contributed by atoms with E-state index in [0.29, 0.717) is 6.04 Å². The molecule has 1 aliphatic heterocycles. The fourth-order valence-electron chi connectivity index (χ4n) is 3.83. The molecular formula is C22H28FN7. The summed E-state index contributed by atoms with van der Waals surface area (Å²) in [6.07, 6.45) is 4.85. The summed E-state index contributed by atoms with van der Waals surface area (Å²) < 4.78 is 15.1. The first kappa shape index (κ1) is 20.3. The maximum atomic E-state index is 13.1. The number of fused-ring (bicyclic) bond motifs is 1. The van der Waals surface area contributed by atoms with Crippen LogP contribution in [0.2, 0.25) is 0 Å². The number of aromatic nitrogens is 3. The van der Waals surface area contributed by atoms with Gasteiger partial charge in [-0.3, -0.25) is 14.3 Å². The van der Waals surface area contributed by atoms with E-state index in [1.54, 1.807) is 7.05 Å². The molecule has 0 unspecified atom stereocenters. The van der Waals surface area contributed by atoms with Crippen LogP contribution in [0.25, 0.3) is 5.65 Å². The Morgan fingerprint density at radius 3 is 2.70 bits per heavy atom. The standard InChI is InChI=1S/C22H28FN7/c1-24-22(25-12-9-21-28-27-20-4-2-3-13-30(20)21)26-19-10-14-29(15-11-19)16-17-5-7-18(23)8-6-17/h2-8,13,19H,9-12,14-16H2,1H3,(H2,24,25,26). The number of nitrogens with zero attached hydrogens (tertiary/aromatic N) is 5. The molecule has 0 saturated carbocycles. The highest BCUT2D eigenvalue weighted by Gasteiger charge is 2.20. The lowest BCUT2D eigenvalue weighted by molar-refractivity contribution is 0.198.